The lowest BCUT2D eigenvalue weighted by Gasteiger charge is -2.28. The highest BCUT2D eigenvalue weighted by Gasteiger charge is 2.48. The van der Waals surface area contributed by atoms with Crippen LogP contribution in [0.4, 0.5) is 0 Å². The molecular weight excluding hydrogens is 400 g/mol. The second-order valence-electron chi connectivity index (χ2n) is 8.27. The van der Waals surface area contributed by atoms with Crippen molar-refractivity contribution in [2.24, 2.45) is 5.92 Å². The first-order valence-corrected chi connectivity index (χ1v) is 11.2. The lowest BCUT2D eigenvalue weighted by molar-refractivity contribution is -0.138. The molecule has 1 aromatic heterocycles. The summed E-state index contributed by atoms with van der Waals surface area (Å²) in [6.07, 6.45) is 0.975. The maximum absolute atomic E-state index is 13.3. The zero-order valence-electron chi connectivity index (χ0n) is 17.2. The van der Waals surface area contributed by atoms with Crippen LogP contribution in [-0.2, 0) is 14.3 Å². The third-order valence-corrected chi connectivity index (χ3v) is 6.73. The van der Waals surface area contributed by atoms with E-state index in [9.17, 15) is 14.4 Å². The summed E-state index contributed by atoms with van der Waals surface area (Å²) in [4.78, 5) is 41.6. The number of nitrogens with one attached hydrogen (secondary N) is 1. The summed E-state index contributed by atoms with van der Waals surface area (Å²) in [6.45, 7) is 4.59. The molecule has 1 unspecified atom stereocenters. The molecule has 0 bridgehead atoms. The Balaban J connectivity index is 1.49. The molecule has 1 N–H and O–H groups in total. The lowest BCUT2D eigenvalue weighted by atomic mass is 10.0. The molecule has 2 aliphatic heterocycles. The number of ketones is 1. The number of nitrogens with zero attached hydrogens (tertiary/aromatic N) is 1. The van der Waals surface area contributed by atoms with Gasteiger partial charge in [0.05, 0.1) is 11.0 Å². The predicted octanol–water partition coefficient (Wildman–Crippen LogP) is 3.13. The molecule has 2 aromatic rings. The molecule has 2 aliphatic rings. The Morgan fingerprint density at radius 1 is 1.20 bits per heavy atom. The normalized spacial score (nSPS) is 21.7. The summed E-state index contributed by atoms with van der Waals surface area (Å²) in [7, 11) is 0. The third-order valence-electron chi connectivity index (χ3n) is 5.59. The fourth-order valence-electron chi connectivity index (χ4n) is 4.18. The van der Waals surface area contributed by atoms with Gasteiger partial charge in [-0.05, 0) is 36.5 Å². The number of carbonyl (C=O) groups excluding carboxylic acids is 3. The number of rotatable bonds is 6. The number of ether oxygens (including phenoxy) is 1. The molecule has 158 valence electrons. The number of hydrogen-bond acceptors (Lipinski definition) is 5. The molecule has 0 aliphatic carbocycles. The average Bonchev–Trinajstić information content (AvgIpc) is 3.45. The third kappa shape index (κ3) is 4.18. The monoisotopic (exact) mass is 426 g/mol. The van der Waals surface area contributed by atoms with E-state index in [2.05, 4.69) is 5.32 Å². The quantitative estimate of drug-likeness (QED) is 0.770. The minimum Gasteiger partial charge on any atom is -0.368 e. The van der Waals surface area contributed by atoms with Gasteiger partial charge in [-0.2, -0.15) is 0 Å². The first kappa shape index (κ1) is 20.8. The largest absolute Gasteiger partial charge is 0.368 e. The van der Waals surface area contributed by atoms with Crippen molar-refractivity contribution in [1.29, 1.82) is 0 Å². The number of likely N-dealkylation sites (tertiary alicyclic amines) is 1. The van der Waals surface area contributed by atoms with Gasteiger partial charge in [0.25, 0.3) is 5.91 Å². The molecule has 3 heterocycles. The van der Waals surface area contributed by atoms with Gasteiger partial charge in [0, 0.05) is 11.4 Å². The van der Waals surface area contributed by atoms with Gasteiger partial charge in [-0.25, -0.2) is 0 Å². The van der Waals surface area contributed by atoms with Gasteiger partial charge in [0.15, 0.2) is 5.78 Å². The van der Waals surface area contributed by atoms with E-state index in [-0.39, 0.29) is 36.2 Å². The van der Waals surface area contributed by atoms with E-state index in [0.29, 0.717) is 24.3 Å². The van der Waals surface area contributed by atoms with Gasteiger partial charge < -0.3 is 15.0 Å². The number of thiophene rings is 1. The van der Waals surface area contributed by atoms with Gasteiger partial charge >= 0.3 is 0 Å². The number of amides is 2. The number of Topliss-reactive ketones (excluding diaryl/α,β-unsaturated/α-hetero) is 1. The minimum absolute atomic E-state index is 0.0498. The van der Waals surface area contributed by atoms with E-state index in [0.717, 1.165) is 10.4 Å². The van der Waals surface area contributed by atoms with Crippen molar-refractivity contribution in [3.63, 3.8) is 0 Å². The van der Waals surface area contributed by atoms with Crippen molar-refractivity contribution in [1.82, 2.24) is 10.2 Å². The van der Waals surface area contributed by atoms with Crippen LogP contribution in [0.25, 0.3) is 10.4 Å². The Bertz CT molecular complexity index is 940. The van der Waals surface area contributed by atoms with E-state index in [1.54, 1.807) is 11.0 Å². The average molecular weight is 427 g/mol. The molecule has 7 heteroatoms. The van der Waals surface area contributed by atoms with Gasteiger partial charge in [-0.3, -0.25) is 14.4 Å². The molecule has 2 amide bonds. The molecule has 2 saturated heterocycles. The van der Waals surface area contributed by atoms with Gasteiger partial charge in [0.1, 0.15) is 18.7 Å². The molecular formula is C23H26N2O4S. The highest BCUT2D eigenvalue weighted by Crippen LogP contribution is 2.30. The summed E-state index contributed by atoms with van der Waals surface area (Å²) < 4.78 is 5.50. The Labute approximate surface area is 180 Å². The second kappa shape index (κ2) is 8.70. The zero-order chi connectivity index (χ0) is 21.3. The lowest BCUT2D eigenvalue weighted by Crippen LogP contribution is -2.52. The van der Waals surface area contributed by atoms with E-state index < -0.39 is 12.1 Å². The van der Waals surface area contributed by atoms with Crippen molar-refractivity contribution < 1.29 is 19.1 Å². The van der Waals surface area contributed by atoms with Crippen LogP contribution < -0.4 is 5.32 Å². The molecule has 2 fully saturated rings. The second-order valence-corrected chi connectivity index (χ2v) is 9.35. The topological polar surface area (TPSA) is 75.7 Å². The van der Waals surface area contributed by atoms with Crippen molar-refractivity contribution in [2.75, 3.05) is 13.2 Å². The van der Waals surface area contributed by atoms with Crippen molar-refractivity contribution >= 4 is 28.9 Å². The Morgan fingerprint density at radius 3 is 2.70 bits per heavy atom. The molecule has 0 saturated carbocycles. The van der Waals surface area contributed by atoms with E-state index >= 15 is 0 Å². The maximum atomic E-state index is 13.3. The summed E-state index contributed by atoms with van der Waals surface area (Å²) in [6, 6.07) is 12.4. The van der Waals surface area contributed by atoms with E-state index in [1.807, 2.05) is 50.2 Å². The summed E-state index contributed by atoms with van der Waals surface area (Å²) in [5.41, 5.74) is 1.05. The highest BCUT2D eigenvalue weighted by molar-refractivity contribution is 7.17. The number of hydrogen-bond donors (Lipinski definition) is 1. The summed E-state index contributed by atoms with van der Waals surface area (Å²) in [5.74, 6) is -0.281. The molecule has 3 atom stereocenters. The fourth-order valence-corrected chi connectivity index (χ4v) is 5.10. The Morgan fingerprint density at radius 2 is 1.97 bits per heavy atom. The molecule has 0 spiro atoms. The minimum atomic E-state index is -0.660. The maximum Gasteiger partial charge on any atom is 0.262 e. The van der Waals surface area contributed by atoms with Crippen LogP contribution in [0.2, 0.25) is 0 Å². The van der Waals surface area contributed by atoms with Gasteiger partial charge in [0.2, 0.25) is 5.91 Å². The first-order valence-electron chi connectivity index (χ1n) is 10.3. The Kier molecular flexibility index (Phi) is 6.01. The first-order chi connectivity index (χ1) is 14.4. The fraction of sp³-hybridized carbons (Fsp3) is 0.435. The molecule has 4 rings (SSSR count). The smallest absolute Gasteiger partial charge is 0.262 e. The van der Waals surface area contributed by atoms with Crippen molar-refractivity contribution in [3.8, 4) is 10.4 Å². The van der Waals surface area contributed by atoms with Crippen LogP contribution in [0.3, 0.4) is 0 Å². The predicted molar refractivity (Wildman–Crippen MR) is 115 cm³/mol. The molecule has 0 radical (unpaired) electrons. The Hall–Kier alpha value is -2.51. The van der Waals surface area contributed by atoms with Crippen LogP contribution >= 0.6 is 11.3 Å². The van der Waals surface area contributed by atoms with Crippen molar-refractivity contribution in [3.05, 3.63) is 47.3 Å². The van der Waals surface area contributed by atoms with E-state index in [4.69, 9.17) is 4.74 Å². The van der Waals surface area contributed by atoms with Crippen molar-refractivity contribution in [2.45, 2.75) is 44.9 Å². The summed E-state index contributed by atoms with van der Waals surface area (Å²) in [5, 5.41) is 2.93. The van der Waals surface area contributed by atoms with Gasteiger partial charge in [-0.15, -0.1) is 11.3 Å². The standard InChI is InChI=1S/C23H26N2O4S/c1-14(2)12-16(23(28)25-11-10-18-21(25)17(26)13-29-18)24-22(27)20-9-8-19(30-20)15-6-4-3-5-7-15/h3-9,14,16,18,21H,10-13H2,1-2H3,(H,24,27)/t16?,18-,21-/m1/s1. The van der Waals surface area contributed by atoms with E-state index in [1.165, 1.54) is 11.3 Å². The van der Waals surface area contributed by atoms with Crippen LogP contribution in [0.1, 0.15) is 36.4 Å². The SMILES string of the molecule is CC(C)CC(NC(=O)c1ccc(-c2ccccc2)s1)C(=O)N1CC[C@H]2OCC(=O)[C@H]21. The zero-order valence-corrected chi connectivity index (χ0v) is 18.0. The van der Waals surface area contributed by atoms with Crippen LogP contribution in [-0.4, -0.2) is 53.8 Å². The molecule has 6 nitrogen and oxygen atoms in total. The highest BCUT2D eigenvalue weighted by atomic mass is 32.1. The van der Waals surface area contributed by atoms with Gasteiger partial charge in [-0.1, -0.05) is 44.2 Å². The number of carbonyl (C=O) groups is 3. The molecule has 1 aromatic carbocycles. The van der Waals surface area contributed by atoms with Crippen LogP contribution in [0, 0.1) is 5.92 Å². The number of benzene rings is 1. The summed E-state index contributed by atoms with van der Waals surface area (Å²) >= 11 is 1.40. The van der Waals surface area contributed by atoms with Crippen LogP contribution in [0.15, 0.2) is 42.5 Å². The number of fused-ring (bicyclic) bond motifs is 1. The van der Waals surface area contributed by atoms with Crippen LogP contribution in [0.5, 0.6) is 0 Å². The molecule has 30 heavy (non-hydrogen) atoms.